The van der Waals surface area contributed by atoms with Crippen LogP contribution < -0.4 is 5.01 Å². The second-order valence-corrected chi connectivity index (χ2v) is 5.00. The lowest BCUT2D eigenvalue weighted by molar-refractivity contribution is -0.137. The van der Waals surface area contributed by atoms with Crippen LogP contribution in [0.3, 0.4) is 0 Å². The number of benzene rings is 1. The lowest BCUT2D eigenvalue weighted by Crippen LogP contribution is -2.20. The molecule has 0 atom stereocenters. The van der Waals surface area contributed by atoms with E-state index in [2.05, 4.69) is 5.10 Å². The van der Waals surface area contributed by atoms with Crippen molar-refractivity contribution in [3.05, 3.63) is 27.7 Å². The highest BCUT2D eigenvalue weighted by atomic mass is 35.5. The Labute approximate surface area is 123 Å². The maximum Gasteiger partial charge on any atom is 0.416 e. The first-order chi connectivity index (χ1) is 9.24. The Morgan fingerprint density at radius 1 is 1.30 bits per heavy atom. The Hall–Kier alpha value is -1.27. The largest absolute Gasteiger partial charge is 0.416 e. The van der Waals surface area contributed by atoms with Gasteiger partial charge < -0.3 is 0 Å². The molecule has 1 amide bonds. The summed E-state index contributed by atoms with van der Waals surface area (Å²) in [5.41, 5.74) is -0.362. The third kappa shape index (κ3) is 2.76. The number of carbonyl (C=O) groups is 1. The van der Waals surface area contributed by atoms with Crippen molar-refractivity contribution in [2.75, 3.05) is 5.01 Å². The summed E-state index contributed by atoms with van der Waals surface area (Å²) in [6, 6.07) is 1.46. The molecule has 0 fully saturated rings. The average Bonchev–Trinajstić information content (AvgIpc) is 2.69. The zero-order valence-corrected chi connectivity index (χ0v) is 11.8. The van der Waals surface area contributed by atoms with Gasteiger partial charge in [-0.1, -0.05) is 30.1 Å². The number of nitrogens with zero attached hydrogens (tertiary/aromatic N) is 2. The zero-order valence-electron chi connectivity index (χ0n) is 10.3. The van der Waals surface area contributed by atoms with Gasteiger partial charge in [0.2, 0.25) is 0 Å². The van der Waals surface area contributed by atoms with Crippen molar-refractivity contribution in [1.82, 2.24) is 0 Å². The standard InChI is InChI=1S/C12H9Cl2F3N2O/c1-2-7-5-10(20)19(18-7)11-8(13)3-6(4-9(11)14)12(15,16)17/h3-4H,2,5H2,1H3. The summed E-state index contributed by atoms with van der Waals surface area (Å²) >= 11 is 11.7. The molecule has 0 aromatic heterocycles. The molecule has 1 aliphatic heterocycles. The maximum atomic E-state index is 12.6. The van der Waals surface area contributed by atoms with Gasteiger partial charge in [0.25, 0.3) is 5.91 Å². The Morgan fingerprint density at radius 2 is 1.85 bits per heavy atom. The molecule has 0 radical (unpaired) electrons. The van der Waals surface area contributed by atoms with Crippen molar-refractivity contribution >= 4 is 40.5 Å². The first-order valence-corrected chi connectivity index (χ1v) is 6.45. The summed E-state index contributed by atoms with van der Waals surface area (Å²) in [6.45, 7) is 1.82. The zero-order chi connectivity index (χ0) is 15.1. The van der Waals surface area contributed by atoms with E-state index in [1.807, 2.05) is 6.92 Å². The number of amides is 1. The molecular weight excluding hydrogens is 316 g/mol. The summed E-state index contributed by atoms with van der Waals surface area (Å²) in [5, 5.41) is 4.45. The third-order valence-electron chi connectivity index (χ3n) is 2.80. The van der Waals surface area contributed by atoms with Crippen LogP contribution in [0.2, 0.25) is 10.0 Å². The fraction of sp³-hybridized carbons (Fsp3) is 0.333. The molecule has 108 valence electrons. The second kappa shape index (κ2) is 5.26. The lowest BCUT2D eigenvalue weighted by atomic mass is 10.2. The molecule has 1 heterocycles. The minimum absolute atomic E-state index is 0.0187. The summed E-state index contributed by atoms with van der Waals surface area (Å²) in [7, 11) is 0. The van der Waals surface area contributed by atoms with Gasteiger partial charge in [-0.05, 0) is 18.6 Å². The molecule has 0 saturated heterocycles. The highest BCUT2D eigenvalue weighted by Gasteiger charge is 2.34. The molecule has 0 unspecified atom stereocenters. The second-order valence-electron chi connectivity index (χ2n) is 4.19. The van der Waals surface area contributed by atoms with E-state index in [9.17, 15) is 18.0 Å². The van der Waals surface area contributed by atoms with Gasteiger partial charge in [0.15, 0.2) is 0 Å². The molecule has 1 aromatic carbocycles. The van der Waals surface area contributed by atoms with Crippen LogP contribution in [0, 0.1) is 0 Å². The molecular formula is C12H9Cl2F3N2O. The van der Waals surface area contributed by atoms with E-state index in [1.165, 1.54) is 0 Å². The Kier molecular flexibility index (Phi) is 3.97. The Balaban J connectivity index is 2.49. The van der Waals surface area contributed by atoms with E-state index in [0.29, 0.717) is 12.1 Å². The highest BCUT2D eigenvalue weighted by molar-refractivity contribution is 6.40. The molecule has 0 spiro atoms. The normalized spacial score (nSPS) is 15.8. The molecule has 8 heteroatoms. The fourth-order valence-corrected chi connectivity index (χ4v) is 2.43. The number of anilines is 1. The predicted octanol–water partition coefficient (Wildman–Crippen LogP) is 4.51. The van der Waals surface area contributed by atoms with Gasteiger partial charge in [-0.2, -0.15) is 23.3 Å². The average molecular weight is 325 g/mol. The number of carbonyl (C=O) groups excluding carboxylic acids is 1. The van der Waals surface area contributed by atoms with Crippen molar-refractivity contribution in [2.24, 2.45) is 5.10 Å². The van der Waals surface area contributed by atoms with Crippen LogP contribution in [-0.2, 0) is 11.0 Å². The van der Waals surface area contributed by atoms with Crippen molar-refractivity contribution in [1.29, 1.82) is 0 Å². The van der Waals surface area contributed by atoms with Crippen LogP contribution in [-0.4, -0.2) is 11.6 Å². The lowest BCUT2D eigenvalue weighted by Gasteiger charge is -2.17. The van der Waals surface area contributed by atoms with Crippen molar-refractivity contribution in [3.8, 4) is 0 Å². The molecule has 0 aliphatic carbocycles. The minimum Gasteiger partial charge on any atom is -0.272 e. The molecule has 0 N–H and O–H groups in total. The smallest absolute Gasteiger partial charge is 0.272 e. The molecule has 1 aromatic rings. The van der Waals surface area contributed by atoms with E-state index in [-0.39, 0.29) is 28.1 Å². The molecule has 20 heavy (non-hydrogen) atoms. The molecule has 0 bridgehead atoms. The first kappa shape index (κ1) is 15.1. The summed E-state index contributed by atoms with van der Waals surface area (Å²) in [5.74, 6) is -0.370. The molecule has 3 nitrogen and oxygen atoms in total. The SMILES string of the molecule is CCC1=NN(c2c(Cl)cc(C(F)(F)F)cc2Cl)C(=O)C1. The fourth-order valence-electron chi connectivity index (χ4n) is 1.78. The number of halogens is 5. The van der Waals surface area contributed by atoms with E-state index in [1.54, 1.807) is 0 Å². The van der Waals surface area contributed by atoms with Crippen LogP contribution in [0.5, 0.6) is 0 Å². The highest BCUT2D eigenvalue weighted by Crippen LogP contribution is 2.41. The molecule has 1 aliphatic rings. The van der Waals surface area contributed by atoms with Gasteiger partial charge in [0.05, 0.1) is 22.0 Å². The Bertz CT molecular complexity index is 576. The summed E-state index contributed by atoms with van der Waals surface area (Å²) < 4.78 is 37.9. The number of rotatable bonds is 2. The van der Waals surface area contributed by atoms with Crippen LogP contribution in [0.1, 0.15) is 25.3 Å². The topological polar surface area (TPSA) is 32.7 Å². The van der Waals surface area contributed by atoms with Crippen molar-refractivity contribution in [3.63, 3.8) is 0 Å². The first-order valence-electron chi connectivity index (χ1n) is 5.69. The molecule has 2 rings (SSSR count). The predicted molar refractivity (Wildman–Crippen MR) is 71.3 cm³/mol. The van der Waals surface area contributed by atoms with Gasteiger partial charge in [0.1, 0.15) is 5.69 Å². The quantitative estimate of drug-likeness (QED) is 0.787. The van der Waals surface area contributed by atoms with Gasteiger partial charge >= 0.3 is 6.18 Å². The van der Waals surface area contributed by atoms with E-state index >= 15 is 0 Å². The maximum absolute atomic E-state index is 12.6. The Morgan fingerprint density at radius 3 is 2.25 bits per heavy atom. The van der Waals surface area contributed by atoms with Crippen molar-refractivity contribution < 1.29 is 18.0 Å². The summed E-state index contributed by atoms with van der Waals surface area (Å²) in [6.07, 6.45) is -3.87. The van der Waals surface area contributed by atoms with Crippen molar-refractivity contribution in [2.45, 2.75) is 25.9 Å². The van der Waals surface area contributed by atoms with E-state index < -0.39 is 11.7 Å². The molecule has 0 saturated carbocycles. The van der Waals surface area contributed by atoms with Gasteiger partial charge in [0, 0.05) is 5.71 Å². The number of hydrogen-bond acceptors (Lipinski definition) is 2. The monoisotopic (exact) mass is 324 g/mol. The van der Waals surface area contributed by atoms with Gasteiger partial charge in [-0.3, -0.25) is 4.79 Å². The third-order valence-corrected chi connectivity index (χ3v) is 3.37. The number of alkyl halides is 3. The minimum atomic E-state index is -4.56. The summed E-state index contributed by atoms with van der Waals surface area (Å²) in [4.78, 5) is 11.8. The van der Waals surface area contributed by atoms with Crippen LogP contribution >= 0.6 is 23.2 Å². The van der Waals surface area contributed by atoms with E-state index in [4.69, 9.17) is 23.2 Å². The number of hydrazone groups is 1. The van der Waals surface area contributed by atoms with Crippen LogP contribution in [0.25, 0.3) is 0 Å². The van der Waals surface area contributed by atoms with Gasteiger partial charge in [-0.15, -0.1) is 0 Å². The van der Waals surface area contributed by atoms with Crippen LogP contribution in [0.15, 0.2) is 17.2 Å². The van der Waals surface area contributed by atoms with E-state index in [0.717, 1.165) is 17.1 Å². The van der Waals surface area contributed by atoms with Crippen LogP contribution in [0.4, 0.5) is 18.9 Å². The van der Waals surface area contributed by atoms with Gasteiger partial charge in [-0.25, -0.2) is 0 Å². The number of hydrogen-bond donors (Lipinski definition) is 0.